The number of phosphoric ester groups is 1. The van der Waals surface area contributed by atoms with Crippen molar-refractivity contribution in [3.8, 4) is 5.75 Å². The van der Waals surface area contributed by atoms with Gasteiger partial charge in [-0.1, -0.05) is 78.9 Å². The van der Waals surface area contributed by atoms with Gasteiger partial charge in [0.2, 0.25) is 0 Å². The number of hydrogen-bond donors (Lipinski definition) is 0. The maximum Gasteiger partial charge on any atom is 0.531 e. The van der Waals surface area contributed by atoms with Gasteiger partial charge in [-0.3, -0.25) is 9.05 Å². The van der Waals surface area contributed by atoms with Crippen molar-refractivity contribution in [2.45, 2.75) is 60.1 Å². The first-order valence-corrected chi connectivity index (χ1v) is 14.7. The Morgan fingerprint density at radius 2 is 0.686 bits per heavy atom. The normalized spacial score (nSPS) is 15.7. The van der Waals surface area contributed by atoms with Crippen molar-refractivity contribution < 1.29 is 97.2 Å². The minimum atomic E-state index is -7.66. The Kier molecular flexibility index (Phi) is 11.2. The minimum absolute atomic E-state index is 0.231. The Balaban J connectivity index is 2.35. The van der Waals surface area contributed by atoms with Crippen molar-refractivity contribution in [3.63, 3.8) is 0 Å². The van der Waals surface area contributed by atoms with Gasteiger partial charge in [0.1, 0.15) is 5.75 Å². The summed E-state index contributed by atoms with van der Waals surface area (Å²) in [5.74, 6) is -45.6. The van der Waals surface area contributed by atoms with Crippen LogP contribution in [0.15, 0.2) is 91.0 Å². The third-order valence-electron chi connectivity index (χ3n) is 6.63. The summed E-state index contributed by atoms with van der Waals surface area (Å²) in [6.45, 7) is 0. The molecule has 0 radical (unpaired) electrons. The molecule has 0 aromatic heterocycles. The lowest BCUT2D eigenvalue weighted by atomic mass is 9.94. The number of para-hydroxylation sites is 1. The summed E-state index contributed by atoms with van der Waals surface area (Å²) in [7, 11) is -7.08. The van der Waals surface area contributed by atoms with Gasteiger partial charge in [-0.2, -0.15) is 79.0 Å². The molecule has 2 atom stereocenters. The van der Waals surface area contributed by atoms with Gasteiger partial charge in [0, 0.05) is 0 Å². The Bertz CT molecular complexity index is 1550. The van der Waals surface area contributed by atoms with Crippen LogP contribution in [-0.4, -0.2) is 47.9 Å². The summed E-state index contributed by atoms with van der Waals surface area (Å²) in [5.41, 5.74) is -3.23. The van der Waals surface area contributed by atoms with E-state index in [1.165, 1.54) is 0 Å². The van der Waals surface area contributed by atoms with Crippen molar-refractivity contribution in [3.05, 3.63) is 102 Å². The van der Waals surface area contributed by atoms with Gasteiger partial charge < -0.3 is 4.52 Å². The minimum Gasteiger partial charge on any atom is -0.404 e. The van der Waals surface area contributed by atoms with Crippen molar-refractivity contribution in [2.24, 2.45) is 0 Å². The maximum atomic E-state index is 15.4. The van der Waals surface area contributed by atoms with E-state index >= 15 is 17.6 Å². The monoisotopic (exact) mass is 790 g/mol. The van der Waals surface area contributed by atoms with Crippen molar-refractivity contribution in [2.75, 3.05) is 0 Å². The summed E-state index contributed by atoms with van der Waals surface area (Å²) >= 11 is 0. The van der Waals surface area contributed by atoms with E-state index < -0.39 is 84.8 Å². The van der Waals surface area contributed by atoms with Crippen LogP contribution < -0.4 is 4.52 Å². The van der Waals surface area contributed by atoms with Gasteiger partial charge >= 0.3 is 55.7 Å². The van der Waals surface area contributed by atoms with Crippen molar-refractivity contribution >= 4 is 7.82 Å². The molecule has 0 saturated carbocycles. The molecule has 0 spiro atoms. The van der Waals surface area contributed by atoms with Crippen molar-refractivity contribution in [1.29, 1.82) is 0 Å². The molecule has 3 aromatic carbocycles. The van der Waals surface area contributed by atoms with Gasteiger partial charge in [-0.15, -0.1) is 0 Å². The highest BCUT2D eigenvalue weighted by Gasteiger charge is 2.85. The molecule has 3 aromatic rings. The lowest BCUT2D eigenvalue weighted by Gasteiger charge is -2.40. The second-order valence-corrected chi connectivity index (χ2v) is 11.7. The molecule has 0 heterocycles. The highest BCUT2D eigenvalue weighted by atomic mass is 31.2. The van der Waals surface area contributed by atoms with E-state index in [2.05, 4.69) is 13.6 Å². The molecule has 0 aliphatic carbocycles. The van der Waals surface area contributed by atoms with Crippen LogP contribution >= 0.6 is 7.82 Å². The molecule has 0 bridgehead atoms. The Hall–Kier alpha value is -3.65. The van der Waals surface area contributed by atoms with Gasteiger partial charge in [0.15, 0.2) is 12.2 Å². The fourth-order valence-electron chi connectivity index (χ4n) is 3.97. The molecule has 4 nitrogen and oxygen atoms in total. The average Bonchev–Trinajstić information content (AvgIpc) is 3.02. The summed E-state index contributed by atoms with van der Waals surface area (Å²) in [6, 6.07) is 9.27. The largest absolute Gasteiger partial charge is 0.531 e. The lowest BCUT2D eigenvalue weighted by Crippen LogP contribution is -2.63. The Morgan fingerprint density at radius 1 is 0.412 bits per heavy atom. The van der Waals surface area contributed by atoms with E-state index in [4.69, 9.17) is 0 Å². The van der Waals surface area contributed by atoms with E-state index in [1.54, 1.807) is 0 Å². The van der Waals surface area contributed by atoms with Crippen molar-refractivity contribution in [1.82, 2.24) is 0 Å². The third-order valence-corrected chi connectivity index (χ3v) is 8.00. The summed E-state index contributed by atoms with van der Waals surface area (Å²) in [6.07, 6.45) is -23.8. The molecule has 51 heavy (non-hydrogen) atoms. The second-order valence-electron chi connectivity index (χ2n) is 10.2. The number of phosphoric acid groups is 1. The zero-order valence-corrected chi connectivity index (χ0v) is 25.1. The Labute approximate surface area is 273 Å². The second kappa shape index (κ2) is 13.7. The summed E-state index contributed by atoms with van der Waals surface area (Å²) in [4.78, 5) is 0. The molecule has 0 fully saturated rings. The molecular weight excluding hydrogens is 773 g/mol. The van der Waals surface area contributed by atoms with Gasteiger partial charge in [0.05, 0.1) is 0 Å². The fourth-order valence-corrected chi connectivity index (χ4v) is 5.51. The van der Waals surface area contributed by atoms with E-state index in [9.17, 15) is 66.0 Å². The predicted octanol–water partition coefficient (Wildman–Crippen LogP) is 11.6. The molecule has 0 N–H and O–H groups in total. The molecule has 0 unspecified atom stereocenters. The van der Waals surface area contributed by atoms with E-state index in [1.807, 2.05) is 0 Å². The van der Waals surface area contributed by atoms with Crippen LogP contribution in [0.1, 0.15) is 23.3 Å². The molecule has 0 amide bonds. The van der Waals surface area contributed by atoms with Crippen LogP contribution in [0.4, 0.5) is 79.0 Å². The highest BCUT2D eigenvalue weighted by Crippen LogP contribution is 2.66. The number of benzene rings is 3. The molecule has 0 aliphatic rings. The molecule has 284 valence electrons. The van der Waals surface area contributed by atoms with Crippen LogP contribution in [0.5, 0.6) is 5.75 Å². The average molecular weight is 790 g/mol. The quantitative estimate of drug-likeness (QED) is 0.121. The number of hydrogen-bond acceptors (Lipinski definition) is 4. The van der Waals surface area contributed by atoms with Crippen LogP contribution in [0.25, 0.3) is 0 Å². The van der Waals surface area contributed by atoms with Gasteiger partial charge in [0.25, 0.3) is 0 Å². The first-order chi connectivity index (χ1) is 23.0. The summed E-state index contributed by atoms with van der Waals surface area (Å²) < 4.78 is 280. The first-order valence-electron chi connectivity index (χ1n) is 13.2. The molecular formula is C28H17F18O4P. The molecule has 23 heteroatoms. The van der Waals surface area contributed by atoms with Crippen LogP contribution in [0.2, 0.25) is 0 Å². The van der Waals surface area contributed by atoms with Crippen LogP contribution in [0.3, 0.4) is 0 Å². The fraction of sp³-hybridized carbons (Fsp3) is 0.357. The van der Waals surface area contributed by atoms with E-state index in [0.29, 0.717) is 36.4 Å². The topological polar surface area (TPSA) is 44.8 Å². The summed E-state index contributed by atoms with van der Waals surface area (Å²) in [5, 5.41) is 0. The Morgan fingerprint density at radius 3 is 0.961 bits per heavy atom. The van der Waals surface area contributed by atoms with E-state index in [-0.39, 0.29) is 24.3 Å². The maximum absolute atomic E-state index is 15.4. The standard InChI is InChI=1S/C28H17F18O4P/c29-21(30,23(33,34)25(37,38)27(41,42)43)19(16-10-4-1-5-11-16)49-51(47,48-18-14-8-3-9-15-18)50-20(17-12-6-2-7-13-17)22(31,32)24(35,36)26(39,40)28(44,45)46/h1-15,19-20H/t19-,20-/m1/s1. The number of rotatable bonds is 14. The zero-order chi connectivity index (χ0) is 39.1. The van der Waals surface area contributed by atoms with E-state index in [0.717, 1.165) is 30.3 Å². The number of halogens is 18. The predicted molar refractivity (Wildman–Crippen MR) is 137 cm³/mol. The molecule has 3 rings (SSSR count). The smallest absolute Gasteiger partial charge is 0.404 e. The zero-order valence-electron chi connectivity index (χ0n) is 24.2. The van der Waals surface area contributed by atoms with Gasteiger partial charge in [-0.05, 0) is 23.3 Å². The molecule has 0 aliphatic heterocycles. The first kappa shape index (κ1) is 41.8. The van der Waals surface area contributed by atoms with Gasteiger partial charge in [-0.25, -0.2) is 4.57 Å². The third kappa shape index (κ3) is 7.62. The number of alkyl halides is 18. The SMILES string of the molecule is O=P(Oc1ccccc1)(O[C@H](c1ccccc1)C(F)(F)C(F)(F)C(F)(F)C(F)(F)F)O[C@H](c1ccccc1)C(F)(F)C(F)(F)C(F)(F)C(F)(F)F. The van der Waals surface area contributed by atoms with Crippen LogP contribution in [-0.2, 0) is 13.6 Å². The highest BCUT2D eigenvalue weighted by molar-refractivity contribution is 7.49. The molecule has 0 saturated heterocycles. The van der Waals surface area contributed by atoms with Crippen LogP contribution in [0, 0.1) is 0 Å². The lowest BCUT2D eigenvalue weighted by molar-refractivity contribution is -0.407.